The number of aliphatic hydroxyl groups is 2. The summed E-state index contributed by atoms with van der Waals surface area (Å²) in [5.41, 5.74) is 1.47. The average molecular weight is 500 g/mol. The van der Waals surface area contributed by atoms with Crippen LogP contribution in [-0.4, -0.2) is 28.4 Å². The number of rotatable bonds is 9. The number of hydrogen-bond acceptors (Lipinski definition) is 5. The second-order valence-electron chi connectivity index (χ2n) is 7.87. The van der Waals surface area contributed by atoms with Gasteiger partial charge in [-0.15, -0.1) is 11.3 Å². The van der Waals surface area contributed by atoms with Crippen LogP contribution in [0.1, 0.15) is 54.0 Å². The summed E-state index contributed by atoms with van der Waals surface area (Å²) in [6.07, 6.45) is -4.14. The second kappa shape index (κ2) is 10.9. The summed E-state index contributed by atoms with van der Waals surface area (Å²) in [7, 11) is 0. The van der Waals surface area contributed by atoms with E-state index in [1.165, 1.54) is 23.5 Å². The summed E-state index contributed by atoms with van der Waals surface area (Å²) in [6, 6.07) is 10.0. The minimum absolute atomic E-state index is 0.123. The van der Waals surface area contributed by atoms with Gasteiger partial charge in [-0.25, -0.2) is 4.98 Å². The van der Waals surface area contributed by atoms with E-state index in [2.05, 4.69) is 4.98 Å². The molecule has 3 rings (SSSR count). The quantitative estimate of drug-likeness (QED) is 0.346. The van der Waals surface area contributed by atoms with Crippen LogP contribution >= 0.6 is 22.9 Å². The largest absolute Gasteiger partial charge is 0.490 e. The molecular formula is C24H25ClF3NO3S. The van der Waals surface area contributed by atoms with Crippen molar-refractivity contribution in [1.29, 1.82) is 0 Å². The highest BCUT2D eigenvalue weighted by Crippen LogP contribution is 2.36. The van der Waals surface area contributed by atoms with Gasteiger partial charge in [0, 0.05) is 10.4 Å². The van der Waals surface area contributed by atoms with Gasteiger partial charge in [0.05, 0.1) is 29.0 Å². The Labute approximate surface area is 199 Å². The van der Waals surface area contributed by atoms with E-state index in [1.54, 1.807) is 18.2 Å². The van der Waals surface area contributed by atoms with Crippen LogP contribution in [-0.2, 0) is 12.6 Å². The fourth-order valence-corrected chi connectivity index (χ4v) is 4.83. The van der Waals surface area contributed by atoms with Crippen molar-refractivity contribution in [3.8, 4) is 16.3 Å². The molecule has 0 amide bonds. The van der Waals surface area contributed by atoms with Crippen LogP contribution in [0.5, 0.6) is 5.75 Å². The first kappa shape index (κ1) is 25.5. The molecule has 0 fully saturated rings. The van der Waals surface area contributed by atoms with E-state index in [1.807, 2.05) is 13.8 Å². The third-order valence-electron chi connectivity index (χ3n) is 5.07. The second-order valence-corrected chi connectivity index (χ2v) is 9.36. The highest BCUT2D eigenvalue weighted by atomic mass is 35.5. The van der Waals surface area contributed by atoms with Crippen molar-refractivity contribution in [3.63, 3.8) is 0 Å². The van der Waals surface area contributed by atoms with Crippen LogP contribution in [0.4, 0.5) is 13.2 Å². The molecule has 3 aromatic rings. The van der Waals surface area contributed by atoms with Gasteiger partial charge in [0.25, 0.3) is 0 Å². The van der Waals surface area contributed by atoms with Crippen molar-refractivity contribution in [2.45, 2.75) is 44.9 Å². The van der Waals surface area contributed by atoms with Gasteiger partial charge in [-0.1, -0.05) is 43.6 Å². The summed E-state index contributed by atoms with van der Waals surface area (Å²) in [6.45, 7) is 4.03. The highest BCUT2D eigenvalue weighted by Gasteiger charge is 2.30. The Bertz CT molecular complexity index is 1070. The molecule has 178 valence electrons. The molecule has 0 radical (unpaired) electrons. The maximum atomic E-state index is 12.9. The van der Waals surface area contributed by atoms with Gasteiger partial charge in [-0.3, -0.25) is 0 Å². The summed E-state index contributed by atoms with van der Waals surface area (Å²) in [5.74, 6) is 0.571. The monoisotopic (exact) mass is 499 g/mol. The zero-order chi connectivity index (χ0) is 24.2. The molecule has 0 saturated carbocycles. The van der Waals surface area contributed by atoms with Crippen molar-refractivity contribution in [3.05, 3.63) is 69.2 Å². The maximum absolute atomic E-state index is 12.9. The lowest BCUT2D eigenvalue weighted by Crippen LogP contribution is -2.04. The molecule has 2 aromatic carbocycles. The van der Waals surface area contributed by atoms with Crippen LogP contribution in [0.3, 0.4) is 0 Å². The molecule has 2 N–H and O–H groups in total. The maximum Gasteiger partial charge on any atom is 0.416 e. The van der Waals surface area contributed by atoms with Crippen molar-refractivity contribution < 1.29 is 28.1 Å². The van der Waals surface area contributed by atoms with E-state index in [4.69, 9.17) is 21.4 Å². The molecule has 0 spiro atoms. The van der Waals surface area contributed by atoms with Crippen LogP contribution in [0, 0.1) is 0 Å². The first-order valence-electron chi connectivity index (χ1n) is 10.5. The first-order chi connectivity index (χ1) is 15.6. The van der Waals surface area contributed by atoms with E-state index in [9.17, 15) is 18.3 Å². The Morgan fingerprint density at radius 1 is 1.12 bits per heavy atom. The lowest BCUT2D eigenvalue weighted by molar-refractivity contribution is -0.137. The summed E-state index contributed by atoms with van der Waals surface area (Å²) in [4.78, 5) is 5.67. The SMILES string of the molecule is CC(C)c1nc(-c2ccc(C(F)(F)F)cc2)sc1CCC(O)c1ccc(OCCO)c(Cl)c1. The molecule has 33 heavy (non-hydrogen) atoms. The topological polar surface area (TPSA) is 62.6 Å². The van der Waals surface area contributed by atoms with Gasteiger partial charge in [0.15, 0.2) is 0 Å². The number of thiazole rings is 1. The van der Waals surface area contributed by atoms with E-state index in [-0.39, 0.29) is 19.1 Å². The summed E-state index contributed by atoms with van der Waals surface area (Å²) < 4.78 is 43.9. The molecule has 0 saturated heterocycles. The number of nitrogens with zero attached hydrogens (tertiary/aromatic N) is 1. The molecule has 9 heteroatoms. The van der Waals surface area contributed by atoms with Crippen LogP contribution in [0.2, 0.25) is 5.02 Å². The van der Waals surface area contributed by atoms with Crippen molar-refractivity contribution >= 4 is 22.9 Å². The van der Waals surface area contributed by atoms with Gasteiger partial charge in [0.2, 0.25) is 0 Å². The van der Waals surface area contributed by atoms with Gasteiger partial charge in [0.1, 0.15) is 17.4 Å². The lowest BCUT2D eigenvalue weighted by atomic mass is 10.0. The Kier molecular flexibility index (Phi) is 8.39. The minimum atomic E-state index is -4.38. The van der Waals surface area contributed by atoms with E-state index in [0.29, 0.717) is 39.7 Å². The lowest BCUT2D eigenvalue weighted by Gasteiger charge is -2.14. The Hall–Kier alpha value is -2.13. The molecule has 0 aliphatic rings. The average Bonchev–Trinajstić information content (AvgIpc) is 3.21. The number of aliphatic hydroxyl groups excluding tert-OH is 2. The van der Waals surface area contributed by atoms with Crippen molar-refractivity contribution in [2.75, 3.05) is 13.2 Å². The number of aromatic nitrogens is 1. The van der Waals surface area contributed by atoms with Gasteiger partial charge >= 0.3 is 6.18 Å². The standard InChI is InChI=1S/C24H25ClF3NO3S/c1-14(2)22-21(33-23(29-22)15-3-6-17(7-4-15)24(26,27)28)10-8-19(31)16-5-9-20(18(25)13-16)32-12-11-30/h3-7,9,13-14,19,30-31H,8,10-12H2,1-2H3. The Balaban J connectivity index is 1.74. The molecular weight excluding hydrogens is 475 g/mol. The molecule has 0 aliphatic carbocycles. The molecule has 0 aliphatic heterocycles. The molecule has 1 aromatic heterocycles. The number of aryl methyl sites for hydroxylation is 1. The third-order valence-corrected chi connectivity index (χ3v) is 6.54. The van der Waals surface area contributed by atoms with Crippen molar-refractivity contribution in [2.24, 2.45) is 0 Å². The molecule has 1 unspecified atom stereocenters. The number of alkyl halides is 3. The zero-order valence-corrected chi connectivity index (χ0v) is 19.8. The van der Waals surface area contributed by atoms with Crippen LogP contribution in [0.25, 0.3) is 10.6 Å². The molecule has 4 nitrogen and oxygen atoms in total. The first-order valence-corrected chi connectivity index (χ1v) is 11.7. The predicted molar refractivity (Wildman–Crippen MR) is 124 cm³/mol. The zero-order valence-electron chi connectivity index (χ0n) is 18.2. The fraction of sp³-hybridized carbons (Fsp3) is 0.375. The third kappa shape index (κ3) is 6.47. The van der Waals surface area contributed by atoms with Crippen molar-refractivity contribution in [1.82, 2.24) is 4.98 Å². The molecule has 1 atom stereocenters. The summed E-state index contributed by atoms with van der Waals surface area (Å²) >= 11 is 7.64. The summed E-state index contributed by atoms with van der Waals surface area (Å²) in [5, 5.41) is 20.5. The van der Waals surface area contributed by atoms with E-state index in [0.717, 1.165) is 22.7 Å². The fourth-order valence-electron chi connectivity index (χ4n) is 3.35. The minimum Gasteiger partial charge on any atom is -0.490 e. The normalized spacial score (nSPS) is 12.9. The molecule has 0 bridgehead atoms. The smallest absolute Gasteiger partial charge is 0.416 e. The van der Waals surface area contributed by atoms with E-state index >= 15 is 0 Å². The molecule has 1 heterocycles. The van der Waals surface area contributed by atoms with Crippen LogP contribution in [0.15, 0.2) is 42.5 Å². The Morgan fingerprint density at radius 2 is 1.82 bits per heavy atom. The highest BCUT2D eigenvalue weighted by molar-refractivity contribution is 7.15. The van der Waals surface area contributed by atoms with Gasteiger partial charge in [-0.05, 0) is 48.6 Å². The number of benzene rings is 2. The number of ether oxygens (including phenoxy) is 1. The van der Waals surface area contributed by atoms with Gasteiger partial charge < -0.3 is 14.9 Å². The van der Waals surface area contributed by atoms with Crippen LogP contribution < -0.4 is 4.74 Å². The van der Waals surface area contributed by atoms with Gasteiger partial charge in [-0.2, -0.15) is 13.2 Å². The number of hydrogen-bond donors (Lipinski definition) is 2. The number of halogens is 4. The van der Waals surface area contributed by atoms with E-state index < -0.39 is 17.8 Å². The Morgan fingerprint density at radius 3 is 2.39 bits per heavy atom. The predicted octanol–water partition coefficient (Wildman–Crippen LogP) is 6.64.